The third-order valence-corrected chi connectivity index (χ3v) is 5.36. The molecule has 0 radical (unpaired) electrons. The van der Waals surface area contributed by atoms with Crippen molar-refractivity contribution in [2.24, 2.45) is 4.99 Å². The molecule has 7 nitrogen and oxygen atoms in total. The second kappa shape index (κ2) is 11.2. The van der Waals surface area contributed by atoms with Crippen LogP contribution in [0.15, 0.2) is 76.0 Å². The lowest BCUT2D eigenvalue weighted by Gasteiger charge is -2.18. The van der Waals surface area contributed by atoms with Gasteiger partial charge in [0.25, 0.3) is 5.56 Å². The van der Waals surface area contributed by atoms with E-state index in [0.29, 0.717) is 29.1 Å². The number of allylic oxidation sites excluding steroid dienone is 4. The number of aliphatic imine (C=N–C) groups is 1. The minimum absolute atomic E-state index is 0.101. The summed E-state index contributed by atoms with van der Waals surface area (Å²) in [5.41, 5.74) is 2.78. The Balaban J connectivity index is 1.76. The summed E-state index contributed by atoms with van der Waals surface area (Å²) in [6.07, 6.45) is 1.22. The van der Waals surface area contributed by atoms with E-state index in [4.69, 9.17) is 0 Å². The summed E-state index contributed by atoms with van der Waals surface area (Å²) in [5, 5.41) is 4.45. The fraction of sp³-hybridized carbons (Fsp3) is 0.360. The van der Waals surface area contributed by atoms with Gasteiger partial charge in [-0.05, 0) is 55.2 Å². The fourth-order valence-corrected chi connectivity index (χ4v) is 3.57. The molecule has 0 aromatic carbocycles. The van der Waals surface area contributed by atoms with Crippen LogP contribution in [-0.4, -0.2) is 40.4 Å². The molecule has 2 aromatic rings. The zero-order valence-electron chi connectivity index (χ0n) is 20.0. The second-order valence-electron chi connectivity index (χ2n) is 8.17. The number of aromatic nitrogens is 3. The molecular formula is C25H28F3N5O2. The van der Waals surface area contributed by atoms with Gasteiger partial charge in [0.05, 0.1) is 18.0 Å². The van der Waals surface area contributed by atoms with Crippen molar-refractivity contribution in [2.75, 3.05) is 18.5 Å². The molecule has 35 heavy (non-hydrogen) atoms. The number of rotatable bonds is 9. The average molecular weight is 488 g/mol. The lowest BCUT2D eigenvalue weighted by molar-refractivity contribution is -0.306. The maximum Gasteiger partial charge on any atom is 0.572 e. The first-order valence-corrected chi connectivity index (χ1v) is 11.2. The number of hydrogen-bond acceptors (Lipinski definition) is 6. The van der Waals surface area contributed by atoms with Crippen molar-refractivity contribution in [3.8, 4) is 0 Å². The molecule has 0 aliphatic heterocycles. The predicted molar refractivity (Wildman–Crippen MR) is 129 cm³/mol. The van der Waals surface area contributed by atoms with E-state index >= 15 is 0 Å². The summed E-state index contributed by atoms with van der Waals surface area (Å²) in [4.78, 5) is 23.3. The van der Waals surface area contributed by atoms with Gasteiger partial charge in [0.15, 0.2) is 0 Å². The Bertz CT molecular complexity index is 1230. The number of alkyl halides is 3. The van der Waals surface area contributed by atoms with Crippen molar-refractivity contribution in [3.05, 3.63) is 87.8 Å². The average Bonchev–Trinajstić information content (AvgIpc) is 2.80. The zero-order valence-corrected chi connectivity index (χ0v) is 20.0. The van der Waals surface area contributed by atoms with Crippen molar-refractivity contribution < 1.29 is 17.9 Å². The summed E-state index contributed by atoms with van der Waals surface area (Å²) in [6.45, 7) is 8.91. The first-order chi connectivity index (χ1) is 16.6. The van der Waals surface area contributed by atoms with Crippen LogP contribution < -0.4 is 10.5 Å². The maximum absolute atomic E-state index is 12.4. The molecule has 2 aromatic heterocycles. The van der Waals surface area contributed by atoms with E-state index in [2.05, 4.69) is 33.3 Å². The standard InChI is InChI=1S/C25H28F3N5O2/c1-5-14-32(4)23-15-19(12-13-29-23)16-33-24(34)11-10-22(31-33)18(3)30-17(2)20-6-8-21(9-7-20)35-25(26,27)28/h6,8,10-13,15H,2,5,7,9,14,16H2,1,3-4H3. The molecule has 0 atom stereocenters. The van der Waals surface area contributed by atoms with Crippen molar-refractivity contribution >= 4 is 11.5 Å². The topological polar surface area (TPSA) is 72.6 Å². The minimum atomic E-state index is -4.71. The predicted octanol–water partition coefficient (Wildman–Crippen LogP) is 5.00. The van der Waals surface area contributed by atoms with E-state index in [1.165, 1.54) is 22.9 Å². The van der Waals surface area contributed by atoms with Gasteiger partial charge < -0.3 is 9.64 Å². The number of pyridine rings is 1. The lowest BCUT2D eigenvalue weighted by atomic mass is 10.0. The van der Waals surface area contributed by atoms with Gasteiger partial charge in [-0.2, -0.15) is 5.10 Å². The minimum Gasteiger partial charge on any atom is -0.410 e. The molecule has 0 bridgehead atoms. The van der Waals surface area contributed by atoms with Gasteiger partial charge in [-0.1, -0.05) is 19.6 Å². The summed E-state index contributed by atoms with van der Waals surface area (Å²) in [7, 11) is 1.97. The van der Waals surface area contributed by atoms with Crippen LogP contribution in [0.2, 0.25) is 0 Å². The van der Waals surface area contributed by atoms with Gasteiger partial charge in [-0.15, -0.1) is 13.2 Å². The van der Waals surface area contributed by atoms with Crippen LogP contribution in [0.4, 0.5) is 19.0 Å². The highest BCUT2D eigenvalue weighted by atomic mass is 19.4. The quantitative estimate of drug-likeness (QED) is 0.466. The normalized spacial score (nSPS) is 14.3. The number of hydrogen-bond donors (Lipinski definition) is 0. The molecule has 0 fully saturated rings. The van der Waals surface area contributed by atoms with E-state index in [0.717, 1.165) is 24.3 Å². The number of anilines is 1. The summed E-state index contributed by atoms with van der Waals surface area (Å²) < 4.78 is 42.5. The van der Waals surface area contributed by atoms with Gasteiger partial charge in [0, 0.05) is 32.3 Å². The molecule has 10 heteroatoms. The van der Waals surface area contributed by atoms with Crippen LogP contribution >= 0.6 is 0 Å². The lowest BCUT2D eigenvalue weighted by Crippen LogP contribution is -2.25. The van der Waals surface area contributed by atoms with Crippen molar-refractivity contribution in [3.63, 3.8) is 0 Å². The number of halogens is 3. The molecule has 0 saturated carbocycles. The van der Waals surface area contributed by atoms with Crippen LogP contribution in [0.5, 0.6) is 0 Å². The number of nitrogens with zero attached hydrogens (tertiary/aromatic N) is 5. The van der Waals surface area contributed by atoms with Crippen molar-refractivity contribution in [2.45, 2.75) is 46.0 Å². The van der Waals surface area contributed by atoms with Crippen molar-refractivity contribution in [1.29, 1.82) is 0 Å². The van der Waals surface area contributed by atoms with E-state index in [-0.39, 0.29) is 24.3 Å². The van der Waals surface area contributed by atoms with Gasteiger partial charge >= 0.3 is 6.36 Å². The Hall–Kier alpha value is -3.69. The molecule has 1 aliphatic carbocycles. The highest BCUT2D eigenvalue weighted by Gasteiger charge is 2.32. The van der Waals surface area contributed by atoms with E-state index in [9.17, 15) is 18.0 Å². The first-order valence-electron chi connectivity index (χ1n) is 11.2. The van der Waals surface area contributed by atoms with Gasteiger partial charge in [-0.3, -0.25) is 9.79 Å². The molecule has 0 unspecified atom stereocenters. The molecule has 0 spiro atoms. The Morgan fingerprint density at radius 1 is 1.26 bits per heavy atom. The third-order valence-electron chi connectivity index (χ3n) is 5.36. The Morgan fingerprint density at radius 2 is 2.03 bits per heavy atom. The fourth-order valence-electron chi connectivity index (χ4n) is 3.57. The molecule has 0 amide bonds. The molecular weight excluding hydrogens is 459 g/mol. The second-order valence-corrected chi connectivity index (χ2v) is 8.17. The highest BCUT2D eigenvalue weighted by Crippen LogP contribution is 2.29. The van der Waals surface area contributed by atoms with E-state index in [1.807, 2.05) is 24.1 Å². The zero-order chi connectivity index (χ0) is 25.6. The van der Waals surface area contributed by atoms with Crippen LogP contribution in [0.25, 0.3) is 0 Å². The molecule has 186 valence electrons. The summed E-state index contributed by atoms with van der Waals surface area (Å²) >= 11 is 0. The Morgan fingerprint density at radius 3 is 2.69 bits per heavy atom. The largest absolute Gasteiger partial charge is 0.572 e. The molecule has 0 N–H and O–H groups in total. The van der Waals surface area contributed by atoms with Gasteiger partial charge in [0.2, 0.25) is 0 Å². The Kier molecular flexibility index (Phi) is 8.26. The van der Waals surface area contributed by atoms with Crippen molar-refractivity contribution in [1.82, 2.24) is 14.8 Å². The molecule has 2 heterocycles. The van der Waals surface area contributed by atoms with Crippen LogP contribution in [-0.2, 0) is 11.3 Å². The highest BCUT2D eigenvalue weighted by molar-refractivity contribution is 5.97. The smallest absolute Gasteiger partial charge is 0.410 e. The molecule has 0 saturated heterocycles. The third kappa shape index (κ3) is 7.40. The summed E-state index contributed by atoms with van der Waals surface area (Å²) in [6, 6.07) is 6.78. The van der Waals surface area contributed by atoms with Gasteiger partial charge in [0.1, 0.15) is 17.3 Å². The van der Waals surface area contributed by atoms with Crippen LogP contribution in [0.3, 0.4) is 0 Å². The maximum atomic E-state index is 12.4. The monoisotopic (exact) mass is 487 g/mol. The first kappa shape index (κ1) is 25.9. The molecule has 3 rings (SSSR count). The summed E-state index contributed by atoms with van der Waals surface area (Å²) in [5.74, 6) is 0.671. The Labute approximate surface area is 202 Å². The van der Waals surface area contributed by atoms with Crippen LogP contribution in [0.1, 0.15) is 44.4 Å². The van der Waals surface area contributed by atoms with Gasteiger partial charge in [-0.25, -0.2) is 9.67 Å². The SMILES string of the molecule is C=C(N=C(C)c1ccc(=O)n(Cc2ccnc(N(C)CCC)c2)n1)C1=CC=C(OC(F)(F)F)CC1. The molecule has 1 aliphatic rings. The van der Waals surface area contributed by atoms with E-state index in [1.54, 1.807) is 19.2 Å². The van der Waals surface area contributed by atoms with E-state index < -0.39 is 6.36 Å². The van der Waals surface area contributed by atoms with Crippen LogP contribution in [0, 0.1) is 0 Å². The number of ether oxygens (including phenoxy) is 1.